The Morgan fingerprint density at radius 2 is 2.28 bits per heavy atom. The summed E-state index contributed by atoms with van der Waals surface area (Å²) in [4.78, 5) is 15.0. The number of thiocarbonyl (C=S) groups is 1. The molecule has 0 aromatic rings. The van der Waals surface area contributed by atoms with Crippen LogP contribution in [0, 0.1) is 5.41 Å². The number of hydrogen-bond donors (Lipinski definition) is 1. The van der Waals surface area contributed by atoms with Crippen LogP contribution in [0.3, 0.4) is 0 Å². The summed E-state index contributed by atoms with van der Waals surface area (Å²) in [5.74, 6) is 0.0812. The van der Waals surface area contributed by atoms with E-state index in [9.17, 15) is 4.79 Å². The summed E-state index contributed by atoms with van der Waals surface area (Å²) in [6.45, 7) is 5.11. The van der Waals surface area contributed by atoms with Gasteiger partial charge >= 0.3 is 0 Å². The van der Waals surface area contributed by atoms with E-state index in [2.05, 4.69) is 0 Å². The molecule has 3 atom stereocenters. The number of carbonyl (C=O) groups excluding carboxylic acids is 1. The Labute approximate surface area is 114 Å². The first kappa shape index (κ1) is 13.7. The number of morpholine rings is 1. The number of nitrogens with two attached hydrogens (primary N) is 1. The van der Waals surface area contributed by atoms with Gasteiger partial charge in [-0.2, -0.15) is 0 Å². The van der Waals surface area contributed by atoms with E-state index < -0.39 is 5.41 Å². The maximum absolute atomic E-state index is 12.7. The maximum Gasteiger partial charge on any atom is 0.235 e. The van der Waals surface area contributed by atoms with E-state index in [1.165, 1.54) is 0 Å². The minimum Gasteiger partial charge on any atom is -0.392 e. The first-order valence-electron chi connectivity index (χ1n) is 6.73. The molecule has 1 saturated heterocycles. The van der Waals surface area contributed by atoms with Gasteiger partial charge in [0.25, 0.3) is 0 Å². The molecule has 2 fully saturated rings. The number of hydrogen-bond acceptors (Lipinski definition) is 3. The molecule has 1 saturated carbocycles. The summed E-state index contributed by atoms with van der Waals surface area (Å²) >= 11 is 5.09. The van der Waals surface area contributed by atoms with Crippen LogP contribution >= 0.6 is 12.2 Å². The van der Waals surface area contributed by atoms with Crippen LogP contribution in [-0.4, -0.2) is 41.1 Å². The monoisotopic (exact) mass is 270 g/mol. The molecular weight excluding hydrogens is 248 g/mol. The molecule has 0 spiro atoms. The van der Waals surface area contributed by atoms with Gasteiger partial charge in [-0.15, -0.1) is 0 Å². The molecule has 1 aliphatic carbocycles. The lowest BCUT2D eigenvalue weighted by molar-refractivity contribution is -0.150. The van der Waals surface area contributed by atoms with E-state index >= 15 is 0 Å². The van der Waals surface area contributed by atoms with E-state index in [1.54, 1.807) is 0 Å². The summed E-state index contributed by atoms with van der Waals surface area (Å²) in [5, 5.41) is 0. The Hall–Kier alpha value is -0.680. The van der Waals surface area contributed by atoms with Gasteiger partial charge in [-0.3, -0.25) is 4.79 Å². The van der Waals surface area contributed by atoms with Crippen molar-refractivity contribution < 1.29 is 9.53 Å². The largest absolute Gasteiger partial charge is 0.392 e. The lowest BCUT2D eigenvalue weighted by Crippen LogP contribution is -2.57. The second-order valence-electron chi connectivity index (χ2n) is 5.46. The highest BCUT2D eigenvalue weighted by atomic mass is 32.1. The number of amides is 1. The highest BCUT2D eigenvalue weighted by molar-refractivity contribution is 7.80. The van der Waals surface area contributed by atoms with Crippen LogP contribution in [-0.2, 0) is 9.53 Å². The number of rotatable bonds is 3. The van der Waals surface area contributed by atoms with Crippen LogP contribution in [0.15, 0.2) is 0 Å². The summed E-state index contributed by atoms with van der Waals surface area (Å²) in [5.41, 5.74) is 5.07. The zero-order valence-corrected chi connectivity index (χ0v) is 12.0. The third-order valence-corrected chi connectivity index (χ3v) is 4.92. The van der Waals surface area contributed by atoms with E-state index in [4.69, 9.17) is 22.7 Å². The molecule has 2 N–H and O–H groups in total. The van der Waals surface area contributed by atoms with Crippen LogP contribution in [0.25, 0.3) is 0 Å². The van der Waals surface area contributed by atoms with Gasteiger partial charge in [-0.05, 0) is 32.6 Å². The fraction of sp³-hybridized carbons (Fsp3) is 0.846. The van der Waals surface area contributed by atoms with Gasteiger partial charge in [0.15, 0.2) is 0 Å². The average Bonchev–Trinajstić information content (AvgIpc) is 2.84. The second kappa shape index (κ2) is 5.13. The number of ether oxygens (including phenoxy) is 1. The summed E-state index contributed by atoms with van der Waals surface area (Å²) < 4.78 is 5.73. The molecule has 102 valence electrons. The Bertz CT molecular complexity index is 361. The van der Waals surface area contributed by atoms with Gasteiger partial charge < -0.3 is 15.4 Å². The van der Waals surface area contributed by atoms with Crippen LogP contribution in [0.2, 0.25) is 0 Å². The molecule has 0 bridgehead atoms. The van der Waals surface area contributed by atoms with Gasteiger partial charge in [-0.25, -0.2) is 0 Å². The molecule has 18 heavy (non-hydrogen) atoms. The van der Waals surface area contributed by atoms with Crippen molar-refractivity contribution in [2.24, 2.45) is 11.1 Å². The molecule has 4 nitrogen and oxygen atoms in total. The first-order chi connectivity index (χ1) is 8.50. The smallest absolute Gasteiger partial charge is 0.235 e. The van der Waals surface area contributed by atoms with E-state index in [-0.39, 0.29) is 18.1 Å². The fourth-order valence-corrected chi connectivity index (χ4v) is 3.16. The minimum atomic E-state index is -0.709. The predicted molar refractivity (Wildman–Crippen MR) is 74.3 cm³/mol. The van der Waals surface area contributed by atoms with Gasteiger partial charge in [0, 0.05) is 6.54 Å². The number of fused-ring (bicyclic) bond motifs is 1. The Balaban J connectivity index is 2.19. The maximum atomic E-state index is 12.7. The highest BCUT2D eigenvalue weighted by Gasteiger charge is 2.45. The van der Waals surface area contributed by atoms with Crippen molar-refractivity contribution in [2.75, 3.05) is 13.2 Å². The Morgan fingerprint density at radius 1 is 1.56 bits per heavy atom. The Kier molecular flexibility index (Phi) is 3.92. The topological polar surface area (TPSA) is 55.6 Å². The van der Waals surface area contributed by atoms with Gasteiger partial charge in [0.05, 0.1) is 29.2 Å². The molecular formula is C13H22N2O2S. The van der Waals surface area contributed by atoms with Crippen LogP contribution < -0.4 is 5.73 Å². The minimum absolute atomic E-state index is 0.0812. The van der Waals surface area contributed by atoms with E-state index in [0.29, 0.717) is 24.6 Å². The van der Waals surface area contributed by atoms with Crippen molar-refractivity contribution in [1.82, 2.24) is 4.90 Å². The van der Waals surface area contributed by atoms with Crippen molar-refractivity contribution in [3.05, 3.63) is 0 Å². The zero-order chi connectivity index (χ0) is 13.3. The normalized spacial score (nSPS) is 30.7. The SMILES string of the molecule is CCC(C)(C(=O)N1CCOC2CCCC21)C(N)=S. The molecule has 1 aliphatic heterocycles. The second-order valence-corrected chi connectivity index (χ2v) is 5.90. The lowest BCUT2D eigenvalue weighted by Gasteiger charge is -2.42. The number of nitrogens with zero attached hydrogens (tertiary/aromatic N) is 1. The van der Waals surface area contributed by atoms with Crippen molar-refractivity contribution in [3.8, 4) is 0 Å². The van der Waals surface area contributed by atoms with Gasteiger partial charge in [-0.1, -0.05) is 19.1 Å². The summed E-state index contributed by atoms with van der Waals surface area (Å²) in [6.07, 6.45) is 4.10. The van der Waals surface area contributed by atoms with Crippen molar-refractivity contribution in [3.63, 3.8) is 0 Å². The van der Waals surface area contributed by atoms with Crippen LogP contribution in [0.4, 0.5) is 0 Å². The fourth-order valence-electron chi connectivity index (χ4n) is 2.93. The molecule has 2 aliphatic rings. The molecule has 0 aromatic carbocycles. The summed E-state index contributed by atoms with van der Waals surface area (Å²) in [6, 6.07) is 0.228. The average molecular weight is 270 g/mol. The molecule has 1 amide bonds. The first-order valence-corrected chi connectivity index (χ1v) is 7.14. The standard InChI is InChI=1S/C13H22N2O2S/c1-3-13(2,11(14)18)12(16)15-7-8-17-10-6-4-5-9(10)15/h9-10H,3-8H2,1-2H3,(H2,14,18). The van der Waals surface area contributed by atoms with E-state index in [1.807, 2.05) is 18.7 Å². The molecule has 1 heterocycles. The third-order valence-electron chi connectivity index (χ3n) is 4.47. The number of carbonyl (C=O) groups is 1. The molecule has 0 aromatic heterocycles. The summed E-state index contributed by atoms with van der Waals surface area (Å²) in [7, 11) is 0. The third kappa shape index (κ3) is 2.14. The molecule has 3 unspecified atom stereocenters. The lowest BCUT2D eigenvalue weighted by atomic mass is 9.85. The van der Waals surface area contributed by atoms with Crippen LogP contribution in [0.1, 0.15) is 39.5 Å². The quantitative estimate of drug-likeness (QED) is 0.789. The molecule has 5 heteroatoms. The van der Waals surface area contributed by atoms with Crippen molar-refractivity contribution >= 4 is 23.1 Å². The molecule has 0 radical (unpaired) electrons. The van der Waals surface area contributed by atoms with Gasteiger partial charge in [0.2, 0.25) is 5.91 Å². The van der Waals surface area contributed by atoms with Crippen molar-refractivity contribution in [1.29, 1.82) is 0 Å². The predicted octanol–water partition coefficient (Wildman–Crippen LogP) is 1.47. The van der Waals surface area contributed by atoms with E-state index in [0.717, 1.165) is 19.3 Å². The van der Waals surface area contributed by atoms with Crippen LogP contribution in [0.5, 0.6) is 0 Å². The molecule has 2 rings (SSSR count). The van der Waals surface area contributed by atoms with Crippen molar-refractivity contribution in [2.45, 2.75) is 51.7 Å². The zero-order valence-electron chi connectivity index (χ0n) is 11.1. The Morgan fingerprint density at radius 3 is 2.89 bits per heavy atom. The van der Waals surface area contributed by atoms with Gasteiger partial charge in [0.1, 0.15) is 0 Å². The highest BCUT2D eigenvalue weighted by Crippen LogP contribution is 2.34.